The number of hydrogen-bond donors (Lipinski definition) is 0. The summed E-state index contributed by atoms with van der Waals surface area (Å²) in [7, 11) is 0. The van der Waals surface area contributed by atoms with Crippen molar-refractivity contribution in [1.82, 2.24) is 0 Å². The molecule has 0 radical (unpaired) electrons. The molecule has 0 aliphatic heterocycles. The Hall–Kier alpha value is -4.22. The summed E-state index contributed by atoms with van der Waals surface area (Å²) in [6.45, 7) is -5.35. The van der Waals surface area contributed by atoms with Gasteiger partial charge in [-0.15, -0.1) is 0 Å². The molecule has 0 aromatic heterocycles. The minimum Gasteiger partial charge on any atom is -0.462 e. The first-order chi connectivity index (χ1) is 28.5. The van der Waals surface area contributed by atoms with Crippen LogP contribution in [0.25, 0.3) is 0 Å². The SMILES string of the molecule is O=C(OCCC(F)(F)C(F)(F)C(F)(F)C(F)(F)C(F)(F)C(F)(F)C(F)(F)C(F)(F)F)c1ccccc1C(=O)OCCC(F)(F)C(F)(F)C(F)(F)C(F)(F)C(F)(F)C(F)(F)C(F)(F)C(F)(F)F. The van der Waals surface area contributed by atoms with E-state index in [1.807, 2.05) is 0 Å². The molecule has 1 rings (SSSR count). The first-order valence-electron chi connectivity index (χ1n) is 15.4. The predicted molar refractivity (Wildman–Crippen MR) is 138 cm³/mol. The summed E-state index contributed by atoms with van der Waals surface area (Å²) in [5.41, 5.74) is -3.30. The summed E-state index contributed by atoms with van der Waals surface area (Å²) < 4.78 is 464. The highest BCUT2D eigenvalue weighted by molar-refractivity contribution is 6.03. The topological polar surface area (TPSA) is 52.6 Å². The quantitative estimate of drug-likeness (QED) is 0.0965. The highest BCUT2D eigenvalue weighted by atomic mass is 19.4. The van der Waals surface area contributed by atoms with Crippen LogP contribution in [0, 0.1) is 0 Å². The molecule has 0 amide bonds. The largest absolute Gasteiger partial charge is 0.462 e. The van der Waals surface area contributed by atoms with Gasteiger partial charge in [-0.25, -0.2) is 9.59 Å². The lowest BCUT2D eigenvalue weighted by Gasteiger charge is -2.42. The fraction of sp³-hybridized carbons (Fsp3) is 0.714. The molecule has 4 nitrogen and oxygen atoms in total. The van der Waals surface area contributed by atoms with Crippen LogP contribution in [0.5, 0.6) is 0 Å². The Labute approximate surface area is 338 Å². The lowest BCUT2D eigenvalue weighted by Crippen LogP contribution is -2.74. The maximum atomic E-state index is 14.1. The Balaban J connectivity index is 3.33. The standard InChI is InChI=1S/C28H12F34O4/c29-13(30,15(33,34)17(37,38)19(41,42)21(45,46)23(49,50)25(53,54)27(57,58)59)5-7-65-11(63)9-3-1-2-4-10(9)12(64)66-8-6-14(31,32)16(35,36)18(39,40)20(43,44)22(47,48)24(51,52)26(55,56)28(60,61)62/h1-4H,5-8H2. The van der Waals surface area contributed by atoms with Gasteiger partial charge in [0.05, 0.1) is 37.2 Å². The maximum absolute atomic E-state index is 14.1. The molecule has 0 saturated carbocycles. The van der Waals surface area contributed by atoms with E-state index in [2.05, 4.69) is 9.47 Å². The fourth-order valence-electron chi connectivity index (χ4n) is 4.25. The van der Waals surface area contributed by atoms with Gasteiger partial charge in [0, 0.05) is 0 Å². The van der Waals surface area contributed by atoms with Crippen molar-refractivity contribution in [2.75, 3.05) is 13.2 Å². The monoisotopic (exact) mass is 1060 g/mol. The molecule has 0 atom stereocenters. The van der Waals surface area contributed by atoms with Crippen LogP contribution in [0.2, 0.25) is 0 Å². The van der Waals surface area contributed by atoms with Crippen LogP contribution in [0.1, 0.15) is 33.6 Å². The lowest BCUT2D eigenvalue weighted by atomic mass is 9.88. The molecular formula is C28H12F34O4. The zero-order valence-corrected chi connectivity index (χ0v) is 29.6. The Morgan fingerprint density at radius 3 is 0.682 bits per heavy atom. The molecule has 0 N–H and O–H groups in total. The van der Waals surface area contributed by atoms with Gasteiger partial charge in [-0.1, -0.05) is 12.1 Å². The molecule has 66 heavy (non-hydrogen) atoms. The summed E-state index contributed by atoms with van der Waals surface area (Å²) in [5, 5.41) is 0. The van der Waals surface area contributed by atoms with E-state index in [9.17, 15) is 159 Å². The van der Waals surface area contributed by atoms with Gasteiger partial charge in [-0.05, 0) is 12.1 Å². The van der Waals surface area contributed by atoms with Crippen LogP contribution in [-0.2, 0) is 9.47 Å². The third-order valence-electron chi connectivity index (χ3n) is 8.24. The first-order valence-corrected chi connectivity index (χ1v) is 15.4. The van der Waals surface area contributed by atoms with Crippen molar-refractivity contribution in [1.29, 1.82) is 0 Å². The zero-order chi connectivity index (χ0) is 53.4. The van der Waals surface area contributed by atoms with Crippen LogP contribution in [0.4, 0.5) is 149 Å². The summed E-state index contributed by atoms with van der Waals surface area (Å²) in [6, 6.07) is 1.22. The normalized spacial score (nSPS) is 15.8. The number of alkyl halides is 34. The van der Waals surface area contributed by atoms with E-state index in [4.69, 9.17) is 0 Å². The van der Waals surface area contributed by atoms with Crippen LogP contribution >= 0.6 is 0 Å². The number of ether oxygens (including phenoxy) is 2. The van der Waals surface area contributed by atoms with Gasteiger partial charge < -0.3 is 9.47 Å². The van der Waals surface area contributed by atoms with Crippen LogP contribution in [0.15, 0.2) is 24.3 Å². The average Bonchev–Trinajstić information content (AvgIpc) is 3.12. The molecule has 0 bridgehead atoms. The van der Waals surface area contributed by atoms with Crippen LogP contribution in [-0.4, -0.2) is 120 Å². The van der Waals surface area contributed by atoms with E-state index >= 15 is 0 Å². The van der Waals surface area contributed by atoms with Crippen molar-refractivity contribution in [3.05, 3.63) is 35.4 Å². The summed E-state index contributed by atoms with van der Waals surface area (Å²) in [4.78, 5) is 24.5. The highest BCUT2D eigenvalue weighted by Crippen LogP contribution is 2.66. The summed E-state index contributed by atoms with van der Waals surface area (Å²) in [6.07, 6.45) is -22.9. The summed E-state index contributed by atoms with van der Waals surface area (Å²) in [5.74, 6) is -124. The number of halogens is 34. The van der Waals surface area contributed by atoms with Gasteiger partial charge in [0.15, 0.2) is 0 Å². The van der Waals surface area contributed by atoms with Crippen molar-refractivity contribution >= 4 is 11.9 Å². The second-order valence-electron chi connectivity index (χ2n) is 12.6. The molecule has 0 heterocycles. The number of rotatable bonds is 20. The predicted octanol–water partition coefficient (Wildman–Crippen LogP) is 12.8. The van der Waals surface area contributed by atoms with E-state index < -0.39 is 144 Å². The minimum atomic E-state index is -9.01. The van der Waals surface area contributed by atoms with Gasteiger partial charge in [0.1, 0.15) is 0 Å². The molecular weight excluding hydrogens is 1050 g/mol. The molecule has 0 unspecified atom stereocenters. The first kappa shape index (κ1) is 59.8. The Morgan fingerprint density at radius 2 is 0.485 bits per heavy atom. The van der Waals surface area contributed by atoms with Crippen molar-refractivity contribution in [2.24, 2.45) is 0 Å². The van der Waals surface area contributed by atoms with E-state index in [1.54, 1.807) is 0 Å². The molecule has 38 heteroatoms. The molecule has 386 valence electrons. The van der Waals surface area contributed by atoms with E-state index in [0.29, 0.717) is 12.1 Å². The lowest BCUT2D eigenvalue weighted by molar-refractivity contribution is -0.461. The maximum Gasteiger partial charge on any atom is 0.460 e. The van der Waals surface area contributed by atoms with Crippen molar-refractivity contribution in [3.63, 3.8) is 0 Å². The third-order valence-corrected chi connectivity index (χ3v) is 8.24. The van der Waals surface area contributed by atoms with Gasteiger partial charge >= 0.3 is 107 Å². The Bertz CT molecular complexity index is 1770. The smallest absolute Gasteiger partial charge is 0.460 e. The fourth-order valence-corrected chi connectivity index (χ4v) is 4.25. The van der Waals surface area contributed by atoms with E-state index in [-0.39, 0.29) is 12.1 Å². The highest BCUT2D eigenvalue weighted by Gasteiger charge is 2.97. The number of carbonyl (C=O) groups is 2. The van der Waals surface area contributed by atoms with Gasteiger partial charge in [-0.3, -0.25) is 0 Å². The number of benzene rings is 1. The van der Waals surface area contributed by atoms with Gasteiger partial charge in [-0.2, -0.15) is 149 Å². The molecule has 0 aliphatic rings. The van der Waals surface area contributed by atoms with Crippen LogP contribution in [0.3, 0.4) is 0 Å². The average molecular weight is 1060 g/mol. The second-order valence-corrected chi connectivity index (χ2v) is 12.6. The number of carbonyl (C=O) groups excluding carboxylic acids is 2. The minimum absolute atomic E-state index is 0.128. The molecule has 0 spiro atoms. The van der Waals surface area contributed by atoms with E-state index in [1.165, 1.54) is 0 Å². The van der Waals surface area contributed by atoms with Crippen LogP contribution < -0.4 is 0 Å². The Morgan fingerprint density at radius 1 is 0.303 bits per heavy atom. The van der Waals surface area contributed by atoms with Crippen molar-refractivity contribution in [2.45, 2.75) is 108 Å². The van der Waals surface area contributed by atoms with Gasteiger partial charge in [0.2, 0.25) is 0 Å². The number of esters is 2. The molecule has 1 aromatic carbocycles. The molecule has 0 aliphatic carbocycles. The Kier molecular flexibility index (Phi) is 15.2. The third kappa shape index (κ3) is 8.62. The molecule has 1 aromatic rings. The van der Waals surface area contributed by atoms with Crippen molar-refractivity contribution < 1.29 is 168 Å². The van der Waals surface area contributed by atoms with E-state index in [0.717, 1.165) is 0 Å². The van der Waals surface area contributed by atoms with Crippen molar-refractivity contribution in [3.8, 4) is 0 Å². The molecule has 0 fully saturated rings. The van der Waals surface area contributed by atoms with Gasteiger partial charge in [0.25, 0.3) is 0 Å². The zero-order valence-electron chi connectivity index (χ0n) is 29.6. The molecule has 0 saturated heterocycles. The summed E-state index contributed by atoms with van der Waals surface area (Å²) >= 11 is 0. The second kappa shape index (κ2) is 16.8. The number of hydrogen-bond acceptors (Lipinski definition) is 4.